The molecule has 1 amide bonds. The summed E-state index contributed by atoms with van der Waals surface area (Å²) in [4.78, 5) is 12.1. The molecule has 0 spiro atoms. The Morgan fingerprint density at radius 3 is 2.22 bits per heavy atom. The zero-order valence-corrected chi connectivity index (χ0v) is 13.5. The first-order chi connectivity index (χ1) is 8.25. The summed E-state index contributed by atoms with van der Waals surface area (Å²) in [5.74, 6) is 0.115. The number of aryl methyl sites for hydroxylation is 2. The predicted octanol–water partition coefficient (Wildman–Crippen LogP) is 4.19. The summed E-state index contributed by atoms with van der Waals surface area (Å²) in [6, 6.07) is 3.76. The van der Waals surface area contributed by atoms with Gasteiger partial charge in [-0.25, -0.2) is 0 Å². The number of nitrogens with one attached hydrogen (secondary N) is 1. The summed E-state index contributed by atoms with van der Waals surface area (Å²) in [6.07, 6.45) is 1.74. The standard InChI is InChI=1S/C14H21ClNOP/c1-6-18(4,5)9-13(17)16-14-10(2)7-12(15)8-11(14)3/h7-8H,6,9H2,1-5H3/p+1. The zero-order chi connectivity index (χ0) is 13.9. The number of carbonyl (C=O) groups is 1. The van der Waals surface area contributed by atoms with E-state index in [1.807, 2.05) is 26.0 Å². The minimum atomic E-state index is -1.09. The molecule has 2 nitrogen and oxygen atoms in total. The molecule has 0 aliphatic rings. The fraction of sp³-hybridized carbons (Fsp3) is 0.500. The van der Waals surface area contributed by atoms with Crippen LogP contribution in [0.4, 0.5) is 5.69 Å². The van der Waals surface area contributed by atoms with Gasteiger partial charge in [-0.15, -0.1) is 0 Å². The van der Waals surface area contributed by atoms with Crippen molar-refractivity contribution in [3.05, 3.63) is 28.3 Å². The summed E-state index contributed by atoms with van der Waals surface area (Å²) >= 11 is 5.98. The third-order valence-corrected chi connectivity index (χ3v) is 6.26. The van der Waals surface area contributed by atoms with Gasteiger partial charge in [0.2, 0.25) is 0 Å². The third-order valence-electron chi connectivity index (χ3n) is 3.19. The Kier molecular flexibility index (Phi) is 5.19. The number of carbonyl (C=O) groups excluding carboxylic acids is 1. The summed E-state index contributed by atoms with van der Waals surface area (Å²) < 4.78 is 0. The summed E-state index contributed by atoms with van der Waals surface area (Å²) in [7, 11) is -1.09. The molecular weight excluding hydrogens is 265 g/mol. The monoisotopic (exact) mass is 286 g/mol. The van der Waals surface area contributed by atoms with E-state index < -0.39 is 7.26 Å². The van der Waals surface area contributed by atoms with Gasteiger partial charge in [0.1, 0.15) is 6.16 Å². The molecule has 0 fully saturated rings. The van der Waals surface area contributed by atoms with Crippen molar-refractivity contribution in [2.45, 2.75) is 20.8 Å². The van der Waals surface area contributed by atoms with E-state index in [9.17, 15) is 4.79 Å². The van der Waals surface area contributed by atoms with E-state index >= 15 is 0 Å². The van der Waals surface area contributed by atoms with Gasteiger partial charge in [-0.2, -0.15) is 0 Å². The topological polar surface area (TPSA) is 29.1 Å². The van der Waals surface area contributed by atoms with Gasteiger partial charge in [0, 0.05) is 31.3 Å². The van der Waals surface area contributed by atoms with Crippen molar-refractivity contribution in [1.82, 2.24) is 0 Å². The van der Waals surface area contributed by atoms with Crippen LogP contribution < -0.4 is 5.32 Å². The van der Waals surface area contributed by atoms with Crippen molar-refractivity contribution in [1.29, 1.82) is 0 Å². The van der Waals surface area contributed by atoms with Gasteiger partial charge >= 0.3 is 0 Å². The molecule has 1 aromatic carbocycles. The zero-order valence-electron chi connectivity index (χ0n) is 11.8. The highest BCUT2D eigenvalue weighted by Crippen LogP contribution is 2.50. The number of hydrogen-bond donors (Lipinski definition) is 1. The van der Waals surface area contributed by atoms with E-state index in [2.05, 4.69) is 25.6 Å². The molecule has 0 aliphatic heterocycles. The van der Waals surface area contributed by atoms with Crippen molar-refractivity contribution in [3.8, 4) is 0 Å². The Morgan fingerprint density at radius 1 is 1.28 bits per heavy atom. The third kappa shape index (κ3) is 4.26. The van der Waals surface area contributed by atoms with Crippen molar-refractivity contribution in [3.63, 3.8) is 0 Å². The average Bonchev–Trinajstić information content (AvgIpc) is 2.22. The van der Waals surface area contributed by atoms with Crippen molar-refractivity contribution in [2.24, 2.45) is 0 Å². The lowest BCUT2D eigenvalue weighted by Crippen LogP contribution is -2.20. The maximum absolute atomic E-state index is 12.1. The Labute approximate surface area is 115 Å². The molecule has 0 aliphatic carbocycles. The molecule has 0 bridgehead atoms. The van der Waals surface area contributed by atoms with Crippen LogP contribution >= 0.6 is 18.9 Å². The molecule has 0 saturated carbocycles. The number of hydrogen-bond acceptors (Lipinski definition) is 1. The SMILES string of the molecule is CC[P+](C)(C)CC(=O)Nc1c(C)cc(Cl)cc1C. The quantitative estimate of drug-likeness (QED) is 0.826. The first-order valence-corrected chi connectivity index (χ1v) is 9.57. The van der Waals surface area contributed by atoms with Crippen molar-refractivity contribution in [2.75, 3.05) is 31.0 Å². The van der Waals surface area contributed by atoms with Crippen LogP contribution in [0.15, 0.2) is 12.1 Å². The minimum Gasteiger partial charge on any atom is -0.322 e. The largest absolute Gasteiger partial charge is 0.322 e. The number of amides is 1. The number of halogens is 1. The van der Waals surface area contributed by atoms with E-state index in [1.165, 1.54) is 0 Å². The highest BCUT2D eigenvalue weighted by Gasteiger charge is 2.26. The molecular formula is C14H22ClNOP+. The van der Waals surface area contributed by atoms with Crippen LogP contribution in [0.25, 0.3) is 0 Å². The Morgan fingerprint density at radius 2 is 1.78 bits per heavy atom. The van der Waals surface area contributed by atoms with E-state index in [0.717, 1.165) is 23.0 Å². The smallest absolute Gasteiger partial charge is 0.261 e. The molecule has 0 atom stereocenters. The van der Waals surface area contributed by atoms with E-state index in [4.69, 9.17) is 11.6 Å². The Bertz CT molecular complexity index is 434. The normalized spacial score (nSPS) is 11.4. The van der Waals surface area contributed by atoms with Gasteiger partial charge in [-0.05, 0) is 44.0 Å². The van der Waals surface area contributed by atoms with Crippen LogP contribution in [0, 0.1) is 13.8 Å². The Balaban J connectivity index is 2.83. The maximum atomic E-state index is 12.1. The second kappa shape index (κ2) is 6.04. The molecule has 0 heterocycles. The van der Waals surface area contributed by atoms with Gasteiger partial charge in [0.05, 0.1) is 6.16 Å². The van der Waals surface area contributed by atoms with Crippen LogP contribution in [0.1, 0.15) is 18.1 Å². The molecule has 1 aromatic rings. The number of benzene rings is 1. The number of anilines is 1. The molecule has 0 aromatic heterocycles. The van der Waals surface area contributed by atoms with Gasteiger partial charge in [0.15, 0.2) is 0 Å². The summed E-state index contributed by atoms with van der Waals surface area (Å²) in [6.45, 7) is 10.5. The molecule has 0 saturated heterocycles. The lowest BCUT2D eigenvalue weighted by atomic mass is 10.1. The molecule has 18 heavy (non-hydrogen) atoms. The lowest BCUT2D eigenvalue weighted by molar-refractivity contribution is -0.113. The summed E-state index contributed by atoms with van der Waals surface area (Å²) in [5.41, 5.74) is 2.93. The molecule has 100 valence electrons. The summed E-state index contributed by atoms with van der Waals surface area (Å²) in [5, 5.41) is 3.74. The van der Waals surface area contributed by atoms with Crippen LogP contribution in [-0.4, -0.2) is 31.6 Å². The minimum absolute atomic E-state index is 0.115. The highest BCUT2D eigenvalue weighted by molar-refractivity contribution is 7.75. The van der Waals surface area contributed by atoms with Crippen LogP contribution in [0.2, 0.25) is 5.02 Å². The first kappa shape index (κ1) is 15.5. The van der Waals surface area contributed by atoms with E-state index in [-0.39, 0.29) is 5.91 Å². The van der Waals surface area contributed by atoms with Gasteiger partial charge < -0.3 is 5.32 Å². The van der Waals surface area contributed by atoms with Gasteiger partial charge in [-0.1, -0.05) is 11.6 Å². The van der Waals surface area contributed by atoms with Crippen LogP contribution in [-0.2, 0) is 4.79 Å². The van der Waals surface area contributed by atoms with Crippen LogP contribution in [0.3, 0.4) is 0 Å². The highest BCUT2D eigenvalue weighted by atomic mass is 35.5. The maximum Gasteiger partial charge on any atom is 0.261 e. The van der Waals surface area contributed by atoms with Crippen molar-refractivity contribution < 1.29 is 4.79 Å². The second-order valence-corrected chi connectivity index (χ2v) is 10.6. The van der Waals surface area contributed by atoms with E-state index in [1.54, 1.807) is 0 Å². The van der Waals surface area contributed by atoms with Crippen LogP contribution in [0.5, 0.6) is 0 Å². The fourth-order valence-electron chi connectivity index (χ4n) is 1.79. The van der Waals surface area contributed by atoms with E-state index in [0.29, 0.717) is 11.2 Å². The first-order valence-electron chi connectivity index (χ1n) is 6.14. The average molecular weight is 287 g/mol. The molecule has 1 rings (SSSR count). The van der Waals surface area contributed by atoms with Gasteiger partial charge in [0.25, 0.3) is 5.91 Å². The predicted molar refractivity (Wildman–Crippen MR) is 83.7 cm³/mol. The molecule has 0 unspecified atom stereocenters. The fourth-order valence-corrected chi connectivity index (χ4v) is 3.19. The molecule has 4 heteroatoms. The lowest BCUT2D eigenvalue weighted by Gasteiger charge is -2.17. The van der Waals surface area contributed by atoms with Crippen molar-refractivity contribution >= 4 is 30.5 Å². The molecule has 0 radical (unpaired) electrons. The van der Waals surface area contributed by atoms with Gasteiger partial charge in [-0.3, -0.25) is 4.79 Å². The second-order valence-electron chi connectivity index (χ2n) is 5.37. The number of rotatable bonds is 4. The Hall–Kier alpha value is -0.590. The molecule has 1 N–H and O–H groups in total.